The molecule has 0 aliphatic carbocycles. The number of benzene rings is 2. The Morgan fingerprint density at radius 3 is 2.62 bits per heavy atom. The predicted molar refractivity (Wildman–Crippen MR) is 125 cm³/mol. The van der Waals surface area contributed by atoms with Gasteiger partial charge < -0.3 is 19.2 Å². The van der Waals surface area contributed by atoms with Gasteiger partial charge in [0.25, 0.3) is 0 Å². The summed E-state index contributed by atoms with van der Waals surface area (Å²) in [6, 6.07) is 13.9. The van der Waals surface area contributed by atoms with Crippen LogP contribution in [-0.2, 0) is 27.2 Å². The number of ether oxygens (including phenoxy) is 3. The molecule has 0 saturated carbocycles. The zero-order valence-corrected chi connectivity index (χ0v) is 18.9. The maximum absolute atomic E-state index is 12.7. The highest BCUT2D eigenvalue weighted by atomic mass is 35.5. The van der Waals surface area contributed by atoms with Gasteiger partial charge in [-0.15, -0.1) is 0 Å². The molecule has 2 aromatic heterocycles. The second-order valence-electron chi connectivity index (χ2n) is 7.37. The van der Waals surface area contributed by atoms with Crippen molar-refractivity contribution in [1.82, 2.24) is 9.97 Å². The standard InChI is InChI=1S/C25H25ClN2O4/c1-3-32-25(29)24-18(15-31-12-11-30-2)23-21(14-27-24)28-20-10-6-8-17(22(20)23)13-16-7-4-5-9-19(16)26/h4-10,14,28H,3,11-13,15H2,1-2H3. The number of carbonyl (C=O) groups excluding carboxylic acids is 1. The SMILES string of the molecule is CCOC(=O)c1ncc2[nH]c3cccc(Cc4ccccc4Cl)c3c2c1COCCOC. The summed E-state index contributed by atoms with van der Waals surface area (Å²) in [4.78, 5) is 20.5. The van der Waals surface area contributed by atoms with Crippen molar-refractivity contribution < 1.29 is 19.0 Å². The summed E-state index contributed by atoms with van der Waals surface area (Å²) < 4.78 is 16.2. The Morgan fingerprint density at radius 2 is 1.84 bits per heavy atom. The number of hydrogen-bond acceptors (Lipinski definition) is 5. The van der Waals surface area contributed by atoms with Gasteiger partial charge in [-0.05, 0) is 36.6 Å². The first-order valence-electron chi connectivity index (χ1n) is 10.5. The van der Waals surface area contributed by atoms with Crippen LogP contribution in [-0.4, -0.2) is 42.9 Å². The van der Waals surface area contributed by atoms with Crippen molar-refractivity contribution >= 4 is 39.4 Å². The molecule has 4 rings (SSSR count). The average Bonchev–Trinajstić information content (AvgIpc) is 3.18. The number of aromatic nitrogens is 2. The number of H-pyrrole nitrogens is 1. The number of aromatic amines is 1. The van der Waals surface area contributed by atoms with E-state index in [4.69, 9.17) is 25.8 Å². The molecular formula is C25H25ClN2O4. The lowest BCUT2D eigenvalue weighted by atomic mass is 9.97. The molecule has 2 heterocycles. The van der Waals surface area contributed by atoms with E-state index < -0.39 is 5.97 Å². The molecule has 0 unspecified atom stereocenters. The van der Waals surface area contributed by atoms with Crippen LogP contribution in [0.25, 0.3) is 21.8 Å². The third-order valence-corrected chi connectivity index (χ3v) is 5.70. The number of fused-ring (bicyclic) bond motifs is 3. The Kier molecular flexibility index (Phi) is 7.05. The summed E-state index contributed by atoms with van der Waals surface area (Å²) in [6.07, 6.45) is 2.34. The minimum Gasteiger partial charge on any atom is -0.461 e. The Hall–Kier alpha value is -2.93. The smallest absolute Gasteiger partial charge is 0.357 e. The Morgan fingerprint density at radius 1 is 1.03 bits per heavy atom. The number of nitrogens with zero attached hydrogens (tertiary/aromatic N) is 1. The highest BCUT2D eigenvalue weighted by Crippen LogP contribution is 2.34. The fraction of sp³-hybridized carbons (Fsp3) is 0.280. The highest BCUT2D eigenvalue weighted by Gasteiger charge is 2.22. The van der Waals surface area contributed by atoms with Gasteiger partial charge in [0.15, 0.2) is 5.69 Å². The van der Waals surface area contributed by atoms with Gasteiger partial charge in [-0.25, -0.2) is 9.78 Å². The summed E-state index contributed by atoms with van der Waals surface area (Å²) in [5.41, 5.74) is 4.91. The van der Waals surface area contributed by atoms with E-state index in [-0.39, 0.29) is 18.9 Å². The molecule has 166 valence electrons. The van der Waals surface area contributed by atoms with E-state index >= 15 is 0 Å². The van der Waals surface area contributed by atoms with E-state index in [1.54, 1.807) is 20.2 Å². The van der Waals surface area contributed by atoms with Crippen molar-refractivity contribution in [3.8, 4) is 0 Å². The number of hydrogen-bond donors (Lipinski definition) is 1. The van der Waals surface area contributed by atoms with Crippen LogP contribution in [0.1, 0.15) is 34.1 Å². The molecule has 32 heavy (non-hydrogen) atoms. The summed E-state index contributed by atoms with van der Waals surface area (Å²) in [7, 11) is 1.62. The lowest BCUT2D eigenvalue weighted by Crippen LogP contribution is -2.13. The van der Waals surface area contributed by atoms with Gasteiger partial charge in [0, 0.05) is 34.0 Å². The first-order valence-corrected chi connectivity index (χ1v) is 10.9. The van der Waals surface area contributed by atoms with Crippen molar-refractivity contribution in [1.29, 1.82) is 0 Å². The monoisotopic (exact) mass is 452 g/mol. The van der Waals surface area contributed by atoms with E-state index in [0.717, 1.165) is 38.0 Å². The van der Waals surface area contributed by atoms with Gasteiger partial charge in [-0.1, -0.05) is 41.9 Å². The minimum absolute atomic E-state index is 0.217. The molecule has 4 aromatic rings. The predicted octanol–water partition coefficient (Wildman–Crippen LogP) is 5.30. The number of methoxy groups -OCH3 is 1. The summed E-state index contributed by atoms with van der Waals surface area (Å²) in [5.74, 6) is -0.460. The van der Waals surface area contributed by atoms with E-state index in [1.165, 1.54) is 0 Å². The van der Waals surface area contributed by atoms with E-state index in [0.29, 0.717) is 25.2 Å². The average molecular weight is 453 g/mol. The van der Waals surface area contributed by atoms with Crippen molar-refractivity contribution in [3.05, 3.63) is 76.1 Å². The fourth-order valence-corrected chi connectivity index (χ4v) is 4.11. The Balaban J connectivity index is 1.89. The van der Waals surface area contributed by atoms with Crippen molar-refractivity contribution in [2.75, 3.05) is 26.9 Å². The van der Waals surface area contributed by atoms with Crippen LogP contribution in [0.4, 0.5) is 0 Å². The van der Waals surface area contributed by atoms with Crippen LogP contribution in [0.2, 0.25) is 5.02 Å². The largest absolute Gasteiger partial charge is 0.461 e. The van der Waals surface area contributed by atoms with Gasteiger partial charge in [-0.2, -0.15) is 0 Å². The van der Waals surface area contributed by atoms with Crippen LogP contribution in [0.15, 0.2) is 48.7 Å². The van der Waals surface area contributed by atoms with Crippen LogP contribution >= 0.6 is 11.6 Å². The third kappa shape index (κ3) is 4.48. The van der Waals surface area contributed by atoms with E-state index in [2.05, 4.69) is 16.0 Å². The number of halogens is 1. The zero-order chi connectivity index (χ0) is 22.5. The van der Waals surface area contributed by atoms with Gasteiger partial charge in [-0.3, -0.25) is 0 Å². The van der Waals surface area contributed by atoms with Gasteiger partial charge in [0.2, 0.25) is 0 Å². The Bertz CT molecular complexity index is 1250. The molecule has 0 atom stereocenters. The van der Waals surface area contributed by atoms with Crippen LogP contribution < -0.4 is 0 Å². The van der Waals surface area contributed by atoms with Crippen LogP contribution in [0, 0.1) is 0 Å². The van der Waals surface area contributed by atoms with Gasteiger partial charge in [0.05, 0.1) is 38.1 Å². The first kappa shape index (κ1) is 22.3. The molecule has 0 radical (unpaired) electrons. The Labute approximate surface area is 191 Å². The normalized spacial score (nSPS) is 11.3. The second kappa shape index (κ2) is 10.1. The van der Waals surface area contributed by atoms with E-state index in [9.17, 15) is 4.79 Å². The molecule has 0 fully saturated rings. The number of esters is 1. The van der Waals surface area contributed by atoms with Crippen molar-refractivity contribution in [2.45, 2.75) is 20.0 Å². The maximum atomic E-state index is 12.7. The molecule has 2 aromatic carbocycles. The molecule has 0 spiro atoms. The molecule has 0 amide bonds. The first-order chi connectivity index (χ1) is 15.6. The third-order valence-electron chi connectivity index (χ3n) is 5.34. The van der Waals surface area contributed by atoms with Crippen molar-refractivity contribution in [3.63, 3.8) is 0 Å². The van der Waals surface area contributed by atoms with E-state index in [1.807, 2.05) is 36.4 Å². The summed E-state index contributed by atoms with van der Waals surface area (Å²) in [6.45, 7) is 3.13. The number of carbonyl (C=O) groups is 1. The molecule has 0 saturated heterocycles. The minimum atomic E-state index is -0.460. The van der Waals surface area contributed by atoms with Crippen LogP contribution in [0.3, 0.4) is 0 Å². The zero-order valence-electron chi connectivity index (χ0n) is 18.1. The van der Waals surface area contributed by atoms with Crippen molar-refractivity contribution in [2.24, 2.45) is 0 Å². The molecule has 6 nitrogen and oxygen atoms in total. The lowest BCUT2D eigenvalue weighted by molar-refractivity contribution is 0.0493. The molecule has 0 aliphatic rings. The number of nitrogens with one attached hydrogen (secondary N) is 1. The van der Waals surface area contributed by atoms with Gasteiger partial charge in [0.1, 0.15) is 0 Å². The molecule has 0 aliphatic heterocycles. The summed E-state index contributed by atoms with van der Waals surface area (Å²) >= 11 is 6.44. The molecule has 1 N–H and O–H groups in total. The molecular weight excluding hydrogens is 428 g/mol. The maximum Gasteiger partial charge on any atom is 0.357 e. The van der Waals surface area contributed by atoms with Crippen LogP contribution in [0.5, 0.6) is 0 Å². The lowest BCUT2D eigenvalue weighted by Gasteiger charge is -2.12. The quantitative estimate of drug-likeness (QED) is 0.275. The fourth-order valence-electron chi connectivity index (χ4n) is 3.90. The number of pyridine rings is 1. The molecule has 7 heteroatoms. The van der Waals surface area contributed by atoms with Gasteiger partial charge >= 0.3 is 5.97 Å². The molecule has 0 bridgehead atoms. The number of rotatable bonds is 9. The second-order valence-corrected chi connectivity index (χ2v) is 7.78. The highest BCUT2D eigenvalue weighted by molar-refractivity contribution is 6.31. The summed E-state index contributed by atoms with van der Waals surface area (Å²) in [5, 5.41) is 2.67. The topological polar surface area (TPSA) is 73.4 Å².